The molecule has 0 heterocycles. The van der Waals surface area contributed by atoms with E-state index in [-0.39, 0.29) is 49.1 Å². The number of nitrogens with one attached hydrogen (secondary N) is 3. The molecule has 2 aliphatic carbocycles. The molecule has 0 aliphatic heterocycles. The molecule has 0 aromatic heterocycles. The van der Waals surface area contributed by atoms with Crippen LogP contribution in [0.15, 0.2) is 0 Å². The fraction of sp³-hybridized carbons (Fsp3) is 0.865. The van der Waals surface area contributed by atoms with E-state index in [2.05, 4.69) is 57.5 Å². The van der Waals surface area contributed by atoms with Gasteiger partial charge < -0.3 is 26.4 Å². The molecule has 0 spiro atoms. The van der Waals surface area contributed by atoms with Gasteiger partial charge in [-0.05, 0) is 94.8 Å². The Labute approximate surface area is 297 Å². The number of ketones is 2. The first-order valence-electron chi connectivity index (χ1n) is 18.2. The maximum absolute atomic E-state index is 12.7. The minimum absolute atomic E-state index is 0. The van der Waals surface area contributed by atoms with Crippen molar-refractivity contribution in [1.82, 2.24) is 16.0 Å². The Morgan fingerprint density at radius 1 is 0.708 bits per heavy atom. The van der Waals surface area contributed by atoms with Crippen molar-refractivity contribution in [2.75, 3.05) is 26.2 Å². The Morgan fingerprint density at radius 3 is 1.50 bits per heavy atom. The molecule has 0 unspecified atom stereocenters. The van der Waals surface area contributed by atoms with Crippen LogP contribution < -0.4 is 21.7 Å². The summed E-state index contributed by atoms with van der Waals surface area (Å²) in [5, 5.41) is 7.88. The molecule has 6 atom stereocenters. The molecule has 280 valence electrons. The van der Waals surface area contributed by atoms with Gasteiger partial charge in [0, 0.05) is 37.8 Å². The highest BCUT2D eigenvalue weighted by molar-refractivity contribution is 5.85. The summed E-state index contributed by atoms with van der Waals surface area (Å²) < 4.78 is 5.08. The van der Waals surface area contributed by atoms with Gasteiger partial charge in [-0.1, -0.05) is 54.4 Å². The maximum Gasteiger partial charge on any atom is 0.408 e. The van der Waals surface area contributed by atoms with E-state index in [0.717, 1.165) is 25.7 Å². The number of halogens is 1. The van der Waals surface area contributed by atoms with Crippen LogP contribution in [0.5, 0.6) is 0 Å². The molecule has 10 nitrogen and oxygen atoms in total. The molecule has 48 heavy (non-hydrogen) atoms. The van der Waals surface area contributed by atoms with E-state index < -0.39 is 11.7 Å². The van der Waals surface area contributed by atoms with Gasteiger partial charge in [-0.3, -0.25) is 19.2 Å². The molecule has 3 amide bonds. The van der Waals surface area contributed by atoms with Gasteiger partial charge in [0.1, 0.15) is 17.2 Å². The number of amides is 3. The van der Waals surface area contributed by atoms with E-state index in [9.17, 15) is 24.0 Å². The van der Waals surface area contributed by atoms with Crippen molar-refractivity contribution < 1.29 is 28.7 Å². The Morgan fingerprint density at radius 2 is 1.12 bits per heavy atom. The summed E-state index contributed by atoms with van der Waals surface area (Å²) in [6, 6.07) is 0. The number of alkyl carbamates (subject to hydrolysis) is 1. The average molecular weight is 701 g/mol. The molecule has 0 bridgehead atoms. The van der Waals surface area contributed by atoms with E-state index in [1.54, 1.807) is 20.8 Å². The molecule has 11 heteroatoms. The summed E-state index contributed by atoms with van der Waals surface area (Å²) in [5.74, 6) is 4.10. The van der Waals surface area contributed by atoms with E-state index in [4.69, 9.17) is 10.5 Å². The lowest BCUT2D eigenvalue weighted by Crippen LogP contribution is -2.40. The summed E-state index contributed by atoms with van der Waals surface area (Å²) in [4.78, 5) is 59.4. The smallest absolute Gasteiger partial charge is 0.408 e. The summed E-state index contributed by atoms with van der Waals surface area (Å²) in [5.41, 5.74) is 4.63. The largest absolute Gasteiger partial charge is 0.444 e. The van der Waals surface area contributed by atoms with Gasteiger partial charge in [0.2, 0.25) is 11.8 Å². The zero-order valence-corrected chi connectivity index (χ0v) is 32.3. The number of hydrogen-bond donors (Lipinski definition) is 4. The van der Waals surface area contributed by atoms with Crippen molar-refractivity contribution in [3.05, 3.63) is 0 Å². The van der Waals surface area contributed by atoms with Crippen LogP contribution in [0.1, 0.15) is 127 Å². The third-order valence-electron chi connectivity index (χ3n) is 9.69. The quantitative estimate of drug-likeness (QED) is 0.148. The summed E-state index contributed by atoms with van der Waals surface area (Å²) in [6.45, 7) is 19.5. The normalized spacial score (nSPS) is 24.0. The zero-order chi connectivity index (χ0) is 35.7. The molecule has 5 N–H and O–H groups in total. The highest BCUT2D eigenvalue weighted by Gasteiger charge is 2.35. The van der Waals surface area contributed by atoms with Crippen LogP contribution in [-0.4, -0.2) is 61.3 Å². The summed E-state index contributed by atoms with van der Waals surface area (Å²) in [6.07, 6.45) is 8.64. The fourth-order valence-corrected chi connectivity index (χ4v) is 7.10. The van der Waals surface area contributed by atoms with Crippen molar-refractivity contribution in [2.24, 2.45) is 53.1 Å². The Bertz CT molecular complexity index is 999. The number of hydrogen-bond acceptors (Lipinski definition) is 7. The molecule has 0 aromatic carbocycles. The lowest BCUT2D eigenvalue weighted by Gasteiger charge is -2.36. The number of nitrogens with two attached hydrogens (primary N) is 1. The van der Waals surface area contributed by atoms with Gasteiger partial charge in [0.15, 0.2) is 0 Å². The van der Waals surface area contributed by atoms with Crippen LogP contribution in [0.4, 0.5) is 4.79 Å². The summed E-state index contributed by atoms with van der Waals surface area (Å²) in [7, 11) is 0. The van der Waals surface area contributed by atoms with Gasteiger partial charge in [0.05, 0.1) is 13.1 Å². The molecular formula is C37H69ClN4O6. The van der Waals surface area contributed by atoms with E-state index in [0.29, 0.717) is 79.4 Å². The van der Waals surface area contributed by atoms with Gasteiger partial charge in [-0.25, -0.2) is 4.79 Å². The van der Waals surface area contributed by atoms with Crippen molar-refractivity contribution in [3.8, 4) is 0 Å². The number of ether oxygens (including phenoxy) is 1. The molecule has 2 rings (SSSR count). The first kappa shape index (κ1) is 45.8. The second-order valence-electron chi connectivity index (χ2n) is 15.8. The van der Waals surface area contributed by atoms with Crippen LogP contribution in [-0.2, 0) is 23.9 Å². The third kappa shape index (κ3) is 18.5. The number of Topliss-reactive ketones (excluding diaryl/α,β-unsaturated/α-hetero) is 2. The van der Waals surface area contributed by atoms with E-state index in [1.807, 2.05) is 0 Å². The van der Waals surface area contributed by atoms with Crippen molar-refractivity contribution >= 4 is 41.9 Å². The lowest BCUT2D eigenvalue weighted by atomic mass is 9.68. The molecule has 2 fully saturated rings. The molecule has 0 aromatic rings. The van der Waals surface area contributed by atoms with Crippen LogP contribution in [0.2, 0.25) is 0 Å². The zero-order valence-electron chi connectivity index (χ0n) is 31.5. The van der Waals surface area contributed by atoms with Crippen LogP contribution in [0.3, 0.4) is 0 Å². The SMILES string of the molecule is CC(C)[C@@H]1CC[C@@H](C)C[C@H]1C(=O)CCCNC(=O)CN.CC(C)[C@@H]1CC[C@@H](C)C[C@H]1C(=O)CCCNC(=O)CNC(=O)OC(C)(C)C.Cl. The monoisotopic (exact) mass is 700 g/mol. The topological polar surface area (TPSA) is 157 Å². The standard InChI is InChI=1S/C21H38N2O4.C16H30N2O2.ClH/c1-14(2)16-10-9-15(3)12-17(16)18(24)8-7-11-22-19(25)13-23-20(26)27-21(4,5)6;1-11(2)13-7-6-12(3)9-14(13)15(19)5-4-8-18-16(20)10-17;/h14-17H,7-13H2,1-6H3,(H,22,25)(H,23,26);11-14H,4-10,17H2,1-3H3,(H,18,20);1H/t15-,16+,17-;12-,13+,14-;/m11./s1. The summed E-state index contributed by atoms with van der Waals surface area (Å²) >= 11 is 0. The number of rotatable bonds is 15. The van der Waals surface area contributed by atoms with E-state index in [1.165, 1.54) is 19.3 Å². The first-order valence-corrected chi connectivity index (χ1v) is 18.2. The molecule has 2 aliphatic rings. The highest BCUT2D eigenvalue weighted by Crippen LogP contribution is 2.40. The van der Waals surface area contributed by atoms with Gasteiger partial charge in [-0.2, -0.15) is 0 Å². The van der Waals surface area contributed by atoms with Crippen LogP contribution in [0.25, 0.3) is 0 Å². The maximum atomic E-state index is 12.7. The fourth-order valence-electron chi connectivity index (χ4n) is 7.10. The third-order valence-corrected chi connectivity index (χ3v) is 9.69. The molecular weight excluding hydrogens is 632 g/mol. The predicted octanol–water partition coefficient (Wildman–Crippen LogP) is 6.23. The number of carbonyl (C=O) groups excluding carboxylic acids is 5. The Balaban J connectivity index is 0.000000940. The van der Waals surface area contributed by atoms with Gasteiger partial charge >= 0.3 is 6.09 Å². The number of carbonyl (C=O) groups is 5. The van der Waals surface area contributed by atoms with Gasteiger partial charge in [0.25, 0.3) is 0 Å². The molecule has 0 radical (unpaired) electrons. The minimum Gasteiger partial charge on any atom is -0.444 e. The van der Waals surface area contributed by atoms with Crippen LogP contribution >= 0.6 is 12.4 Å². The van der Waals surface area contributed by atoms with Crippen LogP contribution in [0, 0.1) is 47.3 Å². The second-order valence-corrected chi connectivity index (χ2v) is 15.8. The first-order chi connectivity index (χ1) is 21.9. The van der Waals surface area contributed by atoms with Crippen molar-refractivity contribution in [1.29, 1.82) is 0 Å². The average Bonchev–Trinajstić information content (AvgIpc) is 2.99. The Kier molecular flexibility index (Phi) is 22.2. The molecule has 0 saturated heterocycles. The Hall–Kier alpha value is -2.20. The minimum atomic E-state index is -0.612. The highest BCUT2D eigenvalue weighted by atomic mass is 35.5. The second kappa shape index (κ2) is 23.2. The lowest BCUT2D eigenvalue weighted by molar-refractivity contribution is -0.128. The van der Waals surface area contributed by atoms with Gasteiger partial charge in [-0.15, -0.1) is 12.4 Å². The van der Waals surface area contributed by atoms with E-state index >= 15 is 0 Å². The molecule has 2 saturated carbocycles. The van der Waals surface area contributed by atoms with Crippen molar-refractivity contribution in [2.45, 2.75) is 132 Å². The predicted molar refractivity (Wildman–Crippen MR) is 195 cm³/mol. The van der Waals surface area contributed by atoms with Crippen molar-refractivity contribution in [3.63, 3.8) is 0 Å².